The highest BCUT2D eigenvalue weighted by Gasteiger charge is 2.27. The van der Waals surface area contributed by atoms with E-state index >= 15 is 0 Å². The van der Waals surface area contributed by atoms with Gasteiger partial charge in [0.25, 0.3) is 0 Å². The first-order valence-electron chi connectivity index (χ1n) is 5.41. The third-order valence-corrected chi connectivity index (χ3v) is 3.35. The zero-order valence-corrected chi connectivity index (χ0v) is 9.87. The monoisotopic (exact) mass is 240 g/mol. The molecule has 2 heterocycles. The quantitative estimate of drug-likeness (QED) is 0.778. The van der Waals surface area contributed by atoms with E-state index in [-0.39, 0.29) is 11.9 Å². The summed E-state index contributed by atoms with van der Waals surface area (Å²) < 4.78 is 0. The fraction of sp³-hybridized carbons (Fsp3) is 0.600. The van der Waals surface area contributed by atoms with E-state index in [1.165, 1.54) is 11.3 Å². The van der Waals surface area contributed by atoms with Crippen LogP contribution in [-0.4, -0.2) is 42.0 Å². The summed E-state index contributed by atoms with van der Waals surface area (Å²) in [6, 6.07) is -0.369. The number of amides is 1. The number of aromatic nitrogens is 1. The Morgan fingerprint density at radius 3 is 3.12 bits per heavy atom. The van der Waals surface area contributed by atoms with Crippen LogP contribution in [0.1, 0.15) is 18.2 Å². The lowest BCUT2D eigenvalue weighted by atomic mass is 10.1. The number of thiazole rings is 1. The summed E-state index contributed by atoms with van der Waals surface area (Å²) in [4.78, 5) is 17.8. The van der Waals surface area contributed by atoms with Crippen LogP contribution in [-0.2, 0) is 4.79 Å². The highest BCUT2D eigenvalue weighted by atomic mass is 32.1. The Morgan fingerprint density at radius 1 is 1.56 bits per heavy atom. The van der Waals surface area contributed by atoms with Crippen LogP contribution in [0.25, 0.3) is 0 Å². The number of carbonyl (C=O) groups excluding carboxylic acids is 1. The molecule has 0 saturated carbocycles. The van der Waals surface area contributed by atoms with Gasteiger partial charge in [-0.15, -0.1) is 11.3 Å². The van der Waals surface area contributed by atoms with Gasteiger partial charge >= 0.3 is 0 Å². The number of hydrogen-bond acceptors (Lipinski definition) is 5. The Kier molecular flexibility index (Phi) is 3.87. The molecule has 1 unspecified atom stereocenters. The number of carbonyl (C=O) groups is 1. The van der Waals surface area contributed by atoms with Crippen molar-refractivity contribution in [1.29, 1.82) is 0 Å². The van der Waals surface area contributed by atoms with Gasteiger partial charge < -0.3 is 11.1 Å². The van der Waals surface area contributed by atoms with Crippen molar-refractivity contribution in [2.75, 3.05) is 26.2 Å². The molecule has 88 valence electrons. The summed E-state index contributed by atoms with van der Waals surface area (Å²) in [6.07, 6.45) is 1.04. The van der Waals surface area contributed by atoms with E-state index in [1.807, 2.05) is 5.38 Å². The van der Waals surface area contributed by atoms with Crippen LogP contribution in [0.5, 0.6) is 0 Å². The average molecular weight is 240 g/mol. The molecule has 0 aromatic carbocycles. The van der Waals surface area contributed by atoms with Gasteiger partial charge in [0, 0.05) is 25.0 Å². The van der Waals surface area contributed by atoms with Crippen molar-refractivity contribution < 1.29 is 4.79 Å². The maximum absolute atomic E-state index is 11.5. The smallest absolute Gasteiger partial charge is 0.241 e. The number of nitrogens with two attached hydrogens (primary N) is 1. The molecule has 3 N–H and O–H groups in total. The topological polar surface area (TPSA) is 71.2 Å². The maximum Gasteiger partial charge on any atom is 0.241 e. The number of nitrogens with zero attached hydrogens (tertiary/aromatic N) is 2. The molecule has 0 aliphatic carbocycles. The summed E-state index contributed by atoms with van der Waals surface area (Å²) in [5.41, 5.74) is 7.99. The molecule has 5 nitrogen and oxygen atoms in total. The van der Waals surface area contributed by atoms with E-state index in [9.17, 15) is 4.79 Å². The SMILES string of the molecule is NC(=O)C(c1cscn1)N1CCCNCC1. The minimum atomic E-state index is -0.369. The number of hydrogen-bond donors (Lipinski definition) is 2. The summed E-state index contributed by atoms with van der Waals surface area (Å²) in [5, 5.41) is 5.20. The number of primary amides is 1. The largest absolute Gasteiger partial charge is 0.368 e. The van der Waals surface area contributed by atoms with Gasteiger partial charge in [-0.3, -0.25) is 9.69 Å². The third kappa shape index (κ3) is 2.58. The van der Waals surface area contributed by atoms with Crippen LogP contribution in [0.4, 0.5) is 0 Å². The molecular formula is C10H16N4OS. The predicted octanol–water partition coefficient (Wildman–Crippen LogP) is -0.0352. The lowest BCUT2D eigenvalue weighted by Crippen LogP contribution is -2.39. The van der Waals surface area contributed by atoms with E-state index in [4.69, 9.17) is 5.73 Å². The Labute approximate surface area is 98.7 Å². The van der Waals surface area contributed by atoms with Gasteiger partial charge in [0.2, 0.25) is 5.91 Å². The van der Waals surface area contributed by atoms with E-state index in [2.05, 4.69) is 15.2 Å². The minimum Gasteiger partial charge on any atom is -0.368 e. The molecule has 16 heavy (non-hydrogen) atoms. The lowest BCUT2D eigenvalue weighted by Gasteiger charge is -2.26. The first-order chi connectivity index (χ1) is 7.79. The molecule has 0 bridgehead atoms. The zero-order valence-electron chi connectivity index (χ0n) is 9.06. The van der Waals surface area contributed by atoms with E-state index in [0.717, 1.165) is 38.3 Å². The molecule has 1 aliphatic heterocycles. The van der Waals surface area contributed by atoms with E-state index < -0.39 is 0 Å². The van der Waals surface area contributed by atoms with E-state index in [1.54, 1.807) is 5.51 Å². The van der Waals surface area contributed by atoms with Gasteiger partial charge in [-0.25, -0.2) is 4.98 Å². The van der Waals surface area contributed by atoms with Gasteiger partial charge in [-0.05, 0) is 13.0 Å². The van der Waals surface area contributed by atoms with Crippen LogP contribution < -0.4 is 11.1 Å². The predicted molar refractivity (Wildman–Crippen MR) is 63.1 cm³/mol. The van der Waals surface area contributed by atoms with Crippen molar-refractivity contribution in [2.45, 2.75) is 12.5 Å². The molecule has 1 saturated heterocycles. The van der Waals surface area contributed by atoms with Crippen LogP contribution in [0.2, 0.25) is 0 Å². The molecule has 1 aromatic rings. The maximum atomic E-state index is 11.5. The van der Waals surface area contributed by atoms with Crippen LogP contribution in [0.3, 0.4) is 0 Å². The van der Waals surface area contributed by atoms with Crippen LogP contribution in [0.15, 0.2) is 10.9 Å². The number of nitrogens with one attached hydrogen (secondary N) is 1. The molecule has 1 aliphatic rings. The van der Waals surface area contributed by atoms with Gasteiger partial charge in [-0.1, -0.05) is 0 Å². The fourth-order valence-electron chi connectivity index (χ4n) is 1.99. The van der Waals surface area contributed by atoms with Gasteiger partial charge in [0.05, 0.1) is 11.2 Å². The second-order valence-electron chi connectivity index (χ2n) is 3.86. The molecule has 1 amide bonds. The Hall–Kier alpha value is -0.980. The van der Waals surface area contributed by atoms with Gasteiger partial charge in [0.1, 0.15) is 6.04 Å². The van der Waals surface area contributed by atoms with Gasteiger partial charge in [-0.2, -0.15) is 0 Å². The van der Waals surface area contributed by atoms with Crippen LogP contribution >= 0.6 is 11.3 Å². The van der Waals surface area contributed by atoms with Crippen molar-refractivity contribution in [2.24, 2.45) is 5.73 Å². The third-order valence-electron chi connectivity index (χ3n) is 2.74. The Balaban J connectivity index is 2.15. The molecular weight excluding hydrogens is 224 g/mol. The molecule has 1 fully saturated rings. The van der Waals surface area contributed by atoms with Gasteiger partial charge in [0.15, 0.2) is 0 Å². The highest BCUT2D eigenvalue weighted by Crippen LogP contribution is 2.20. The molecule has 0 radical (unpaired) electrons. The minimum absolute atomic E-state index is 0.312. The first kappa shape index (κ1) is 11.5. The first-order valence-corrected chi connectivity index (χ1v) is 6.35. The highest BCUT2D eigenvalue weighted by molar-refractivity contribution is 7.07. The Morgan fingerprint density at radius 2 is 2.44 bits per heavy atom. The molecule has 1 aromatic heterocycles. The van der Waals surface area contributed by atoms with Crippen LogP contribution in [0, 0.1) is 0 Å². The standard InChI is InChI=1S/C10H16N4OS/c11-10(15)9(8-6-16-7-13-8)14-4-1-2-12-3-5-14/h6-7,9,12H,1-5H2,(H2,11,15). The van der Waals surface area contributed by atoms with Crippen molar-refractivity contribution in [3.8, 4) is 0 Å². The van der Waals surface area contributed by atoms with E-state index in [0.29, 0.717) is 0 Å². The summed E-state index contributed by atoms with van der Waals surface area (Å²) in [5.74, 6) is -0.312. The lowest BCUT2D eigenvalue weighted by molar-refractivity contribution is -0.123. The second kappa shape index (κ2) is 5.38. The number of rotatable bonds is 3. The summed E-state index contributed by atoms with van der Waals surface area (Å²) in [7, 11) is 0. The van der Waals surface area contributed by atoms with Crippen molar-refractivity contribution >= 4 is 17.2 Å². The second-order valence-corrected chi connectivity index (χ2v) is 4.58. The molecule has 6 heteroatoms. The van der Waals surface area contributed by atoms with Crippen molar-refractivity contribution in [3.05, 3.63) is 16.6 Å². The zero-order chi connectivity index (χ0) is 11.4. The molecule has 2 rings (SSSR count). The fourth-order valence-corrected chi connectivity index (χ4v) is 2.57. The molecule has 1 atom stereocenters. The Bertz CT molecular complexity index is 333. The summed E-state index contributed by atoms with van der Waals surface area (Å²) >= 11 is 1.49. The average Bonchev–Trinajstić information content (AvgIpc) is 2.62. The normalized spacial score (nSPS) is 20.2. The summed E-state index contributed by atoms with van der Waals surface area (Å²) in [6.45, 7) is 3.62. The van der Waals surface area contributed by atoms with Crippen molar-refractivity contribution in [1.82, 2.24) is 15.2 Å². The molecule has 0 spiro atoms. The van der Waals surface area contributed by atoms with Crippen molar-refractivity contribution in [3.63, 3.8) is 0 Å².